The molecule has 1 spiro atoms. The predicted octanol–water partition coefficient (Wildman–Crippen LogP) is 4.56. The molecule has 0 bridgehead atoms. The van der Waals surface area contributed by atoms with Crippen LogP contribution in [0, 0.1) is 5.41 Å². The van der Waals surface area contributed by atoms with Crippen molar-refractivity contribution in [2.24, 2.45) is 5.41 Å². The highest BCUT2D eigenvalue weighted by molar-refractivity contribution is 5.93. The molecule has 4 rings (SSSR count). The van der Waals surface area contributed by atoms with Crippen molar-refractivity contribution >= 4 is 18.0 Å². The first-order chi connectivity index (χ1) is 18.1. The molecule has 2 aromatic carbocycles. The highest BCUT2D eigenvalue weighted by atomic mass is 16.6. The second-order valence-corrected chi connectivity index (χ2v) is 11.2. The number of benzene rings is 2. The number of piperidine rings is 1. The van der Waals surface area contributed by atoms with Crippen LogP contribution in [0.1, 0.15) is 51.7 Å². The van der Waals surface area contributed by atoms with Crippen molar-refractivity contribution in [2.75, 3.05) is 19.6 Å². The molecule has 0 radical (unpaired) electrons. The number of likely N-dealkylation sites (tertiary alicyclic amines) is 2. The average molecular weight is 523 g/mol. The molecule has 0 unspecified atom stereocenters. The normalized spacial score (nSPS) is 18.5. The summed E-state index contributed by atoms with van der Waals surface area (Å²) in [4.78, 5) is 42.6. The largest absolute Gasteiger partial charge is 0.459 e. The Morgan fingerprint density at radius 3 is 2.00 bits per heavy atom. The summed E-state index contributed by atoms with van der Waals surface area (Å²) < 4.78 is 17.2. The third-order valence-corrected chi connectivity index (χ3v) is 7.16. The Kier molecular flexibility index (Phi) is 8.41. The lowest BCUT2D eigenvalue weighted by molar-refractivity contribution is -0.186. The molecule has 2 aliphatic rings. The molecular formula is C30H38N2O6. The zero-order valence-corrected chi connectivity index (χ0v) is 22.7. The molecule has 8 nitrogen and oxygen atoms in total. The van der Waals surface area contributed by atoms with E-state index >= 15 is 0 Å². The summed E-state index contributed by atoms with van der Waals surface area (Å²) in [6, 6.07) is 18.3. The molecule has 0 aliphatic carbocycles. The topological polar surface area (TPSA) is 85.4 Å². The maximum absolute atomic E-state index is 13.6. The number of ether oxygens (including phenoxy) is 3. The van der Waals surface area contributed by atoms with E-state index in [4.69, 9.17) is 14.2 Å². The standard InChI is InChI=1S/C30H38N2O6/c1-22(36-19-23-11-7-5-8-12-23)25(26(33)37-20-24-13-9-6-10-14-24)32-21-30(27(32)34)15-17-31(18-16-30)28(35)38-29(2,3)4/h5-14,22,25H,15-21H2,1-4H3/t22-,25+/m1/s1. The number of β-lactam (4-membered cyclic amide) rings is 1. The minimum Gasteiger partial charge on any atom is -0.459 e. The zero-order chi connectivity index (χ0) is 27.3. The van der Waals surface area contributed by atoms with Gasteiger partial charge in [0.1, 0.15) is 12.2 Å². The number of amides is 2. The molecule has 8 heteroatoms. The fraction of sp³-hybridized carbons (Fsp3) is 0.500. The Bertz CT molecular complexity index is 1110. The van der Waals surface area contributed by atoms with Crippen molar-refractivity contribution < 1.29 is 28.6 Å². The molecule has 2 atom stereocenters. The van der Waals surface area contributed by atoms with Gasteiger partial charge in [0.05, 0.1) is 18.1 Å². The van der Waals surface area contributed by atoms with Gasteiger partial charge in [0.2, 0.25) is 5.91 Å². The van der Waals surface area contributed by atoms with Gasteiger partial charge in [0, 0.05) is 19.6 Å². The van der Waals surface area contributed by atoms with Gasteiger partial charge in [0.15, 0.2) is 6.04 Å². The van der Waals surface area contributed by atoms with Crippen molar-refractivity contribution in [1.29, 1.82) is 0 Å². The SMILES string of the molecule is C[C@@H](OCc1ccccc1)[C@@H](C(=O)OCc1ccccc1)N1CC2(CCN(C(=O)OC(C)(C)C)CC2)C1=O. The lowest BCUT2D eigenvalue weighted by Gasteiger charge is -2.54. The smallest absolute Gasteiger partial charge is 0.410 e. The van der Waals surface area contributed by atoms with E-state index in [9.17, 15) is 14.4 Å². The van der Waals surface area contributed by atoms with Gasteiger partial charge in [0.25, 0.3) is 0 Å². The highest BCUT2D eigenvalue weighted by Gasteiger charge is 2.57. The number of nitrogens with zero attached hydrogens (tertiary/aromatic N) is 2. The maximum Gasteiger partial charge on any atom is 0.410 e. The highest BCUT2D eigenvalue weighted by Crippen LogP contribution is 2.43. The third-order valence-electron chi connectivity index (χ3n) is 7.16. The number of carbonyl (C=O) groups excluding carboxylic acids is 3. The predicted molar refractivity (Wildman–Crippen MR) is 142 cm³/mol. The van der Waals surface area contributed by atoms with Gasteiger partial charge < -0.3 is 24.0 Å². The van der Waals surface area contributed by atoms with E-state index in [1.54, 1.807) is 16.7 Å². The molecule has 2 saturated heterocycles. The van der Waals surface area contributed by atoms with Crippen LogP contribution < -0.4 is 0 Å². The second-order valence-electron chi connectivity index (χ2n) is 11.2. The van der Waals surface area contributed by atoms with E-state index in [0.29, 0.717) is 39.1 Å². The van der Waals surface area contributed by atoms with Crippen LogP contribution in [-0.4, -0.2) is 65.2 Å². The molecule has 0 aromatic heterocycles. The van der Waals surface area contributed by atoms with Crippen LogP contribution >= 0.6 is 0 Å². The van der Waals surface area contributed by atoms with E-state index in [0.717, 1.165) is 11.1 Å². The van der Waals surface area contributed by atoms with Crippen molar-refractivity contribution in [3.05, 3.63) is 71.8 Å². The first-order valence-electron chi connectivity index (χ1n) is 13.2. The maximum atomic E-state index is 13.6. The van der Waals surface area contributed by atoms with Gasteiger partial charge in [-0.15, -0.1) is 0 Å². The van der Waals surface area contributed by atoms with Crippen molar-refractivity contribution in [2.45, 2.75) is 71.5 Å². The average Bonchev–Trinajstić information content (AvgIpc) is 2.91. The zero-order valence-electron chi connectivity index (χ0n) is 22.7. The molecular weight excluding hydrogens is 484 g/mol. The Balaban J connectivity index is 1.41. The van der Waals surface area contributed by atoms with Crippen molar-refractivity contribution in [3.63, 3.8) is 0 Å². The number of carbonyl (C=O) groups is 3. The third kappa shape index (κ3) is 6.54. The first-order valence-corrected chi connectivity index (χ1v) is 13.2. The summed E-state index contributed by atoms with van der Waals surface area (Å²) >= 11 is 0. The summed E-state index contributed by atoms with van der Waals surface area (Å²) in [5.41, 5.74) is 0.712. The summed E-state index contributed by atoms with van der Waals surface area (Å²) in [6.07, 6.45) is 0.141. The van der Waals surface area contributed by atoms with Crippen molar-refractivity contribution in [1.82, 2.24) is 9.80 Å². The Hall–Kier alpha value is -3.39. The lowest BCUT2D eigenvalue weighted by Crippen LogP contribution is -2.70. The fourth-order valence-corrected chi connectivity index (χ4v) is 5.00. The molecule has 38 heavy (non-hydrogen) atoms. The van der Waals surface area contributed by atoms with Crippen LogP contribution in [0.2, 0.25) is 0 Å². The van der Waals surface area contributed by atoms with Gasteiger partial charge in [-0.05, 0) is 51.7 Å². The Morgan fingerprint density at radius 1 is 0.921 bits per heavy atom. The molecule has 2 aromatic rings. The minimum atomic E-state index is -0.857. The molecule has 204 valence electrons. The number of rotatable bonds is 8. The molecule has 0 N–H and O–H groups in total. The second kappa shape index (κ2) is 11.6. The van der Waals surface area contributed by atoms with Crippen LogP contribution in [0.3, 0.4) is 0 Å². The fourth-order valence-electron chi connectivity index (χ4n) is 5.00. The summed E-state index contributed by atoms with van der Waals surface area (Å²) in [7, 11) is 0. The van der Waals surface area contributed by atoms with E-state index in [1.165, 1.54) is 0 Å². The first kappa shape index (κ1) is 27.6. The quantitative estimate of drug-likeness (QED) is 0.373. The molecule has 0 saturated carbocycles. The number of hydrogen-bond donors (Lipinski definition) is 0. The summed E-state index contributed by atoms with van der Waals surface area (Å²) in [5.74, 6) is -0.568. The van der Waals surface area contributed by atoms with Crippen LogP contribution in [0.15, 0.2) is 60.7 Å². The van der Waals surface area contributed by atoms with Crippen LogP contribution in [-0.2, 0) is 37.0 Å². The van der Waals surface area contributed by atoms with Gasteiger partial charge in [-0.1, -0.05) is 60.7 Å². The molecule has 2 fully saturated rings. The Labute approximate surface area is 224 Å². The van der Waals surface area contributed by atoms with Gasteiger partial charge in [-0.3, -0.25) is 4.79 Å². The van der Waals surface area contributed by atoms with Crippen LogP contribution in [0.4, 0.5) is 4.79 Å². The van der Waals surface area contributed by atoms with E-state index in [1.807, 2.05) is 81.4 Å². The van der Waals surface area contributed by atoms with Gasteiger partial charge in [-0.25, -0.2) is 9.59 Å². The minimum absolute atomic E-state index is 0.0850. The molecule has 2 aliphatic heterocycles. The lowest BCUT2D eigenvalue weighted by atomic mass is 9.70. The molecule has 2 amide bonds. The van der Waals surface area contributed by atoms with Crippen LogP contribution in [0.25, 0.3) is 0 Å². The van der Waals surface area contributed by atoms with Crippen molar-refractivity contribution in [3.8, 4) is 0 Å². The number of esters is 1. The van der Waals surface area contributed by atoms with E-state index < -0.39 is 29.1 Å². The Morgan fingerprint density at radius 2 is 1.47 bits per heavy atom. The monoisotopic (exact) mass is 522 g/mol. The summed E-state index contributed by atoms with van der Waals surface area (Å²) in [6.45, 7) is 9.07. The molecule has 2 heterocycles. The van der Waals surface area contributed by atoms with Gasteiger partial charge >= 0.3 is 12.1 Å². The van der Waals surface area contributed by atoms with E-state index in [-0.39, 0.29) is 18.6 Å². The van der Waals surface area contributed by atoms with Gasteiger partial charge in [-0.2, -0.15) is 0 Å². The summed E-state index contributed by atoms with van der Waals surface area (Å²) in [5, 5.41) is 0. The number of hydrogen-bond acceptors (Lipinski definition) is 6. The van der Waals surface area contributed by atoms with Crippen LogP contribution in [0.5, 0.6) is 0 Å². The van der Waals surface area contributed by atoms with E-state index in [2.05, 4.69) is 0 Å².